The number of nitrogen functional groups attached to an aromatic ring is 1. The molecule has 3 rings (SSSR count). The van der Waals surface area contributed by atoms with Gasteiger partial charge in [-0.05, 0) is 30.9 Å². The van der Waals surface area contributed by atoms with Crippen LogP contribution in [0.3, 0.4) is 0 Å². The van der Waals surface area contributed by atoms with Gasteiger partial charge in [-0.2, -0.15) is 23.0 Å². The molecule has 0 spiro atoms. The average molecular weight is 339 g/mol. The Morgan fingerprint density at radius 1 is 1.29 bits per heavy atom. The Kier molecular flexibility index (Phi) is 4.27. The van der Waals surface area contributed by atoms with Crippen LogP contribution in [0, 0.1) is 0 Å². The molecule has 0 fully saturated rings. The minimum Gasteiger partial charge on any atom is -0.383 e. The van der Waals surface area contributed by atoms with Crippen molar-refractivity contribution in [3.05, 3.63) is 35.8 Å². The fourth-order valence-corrected chi connectivity index (χ4v) is 2.75. The third-order valence-electron chi connectivity index (χ3n) is 3.95. The van der Waals surface area contributed by atoms with Crippen molar-refractivity contribution in [2.45, 2.75) is 31.5 Å². The van der Waals surface area contributed by atoms with E-state index < -0.39 is 11.9 Å². The van der Waals surface area contributed by atoms with E-state index in [1.54, 1.807) is 19.3 Å². The van der Waals surface area contributed by atoms with E-state index in [4.69, 9.17) is 10.5 Å². The summed E-state index contributed by atoms with van der Waals surface area (Å²) in [5.74, 6) is -0.117. The van der Waals surface area contributed by atoms with E-state index in [9.17, 15) is 13.2 Å². The van der Waals surface area contributed by atoms with Crippen molar-refractivity contribution < 1.29 is 17.9 Å². The molecule has 0 amide bonds. The van der Waals surface area contributed by atoms with Crippen LogP contribution in [0.5, 0.6) is 0 Å². The van der Waals surface area contributed by atoms with Crippen LogP contribution in [-0.2, 0) is 10.9 Å². The minimum atomic E-state index is -4.62. The van der Waals surface area contributed by atoms with Gasteiger partial charge in [0.05, 0.1) is 11.7 Å². The molecule has 0 aliphatic heterocycles. The lowest BCUT2D eigenvalue weighted by molar-refractivity contribution is -0.141. The molecule has 2 N–H and O–H groups in total. The van der Waals surface area contributed by atoms with Crippen molar-refractivity contribution in [2.24, 2.45) is 0 Å². The molecule has 1 aliphatic rings. The van der Waals surface area contributed by atoms with Crippen LogP contribution in [0.25, 0.3) is 11.5 Å². The zero-order valence-electron chi connectivity index (χ0n) is 12.9. The number of anilines is 1. The van der Waals surface area contributed by atoms with Gasteiger partial charge in [0.2, 0.25) is 0 Å². The summed E-state index contributed by atoms with van der Waals surface area (Å²) in [4.78, 5) is 7.84. The molecule has 0 radical (unpaired) electrons. The molecule has 2 heterocycles. The van der Waals surface area contributed by atoms with Gasteiger partial charge in [0.15, 0.2) is 5.69 Å². The molecule has 128 valence electrons. The summed E-state index contributed by atoms with van der Waals surface area (Å²) in [6.45, 7) is 0. The Bertz CT molecular complexity index is 754. The van der Waals surface area contributed by atoms with Crippen LogP contribution in [0.2, 0.25) is 0 Å². The van der Waals surface area contributed by atoms with Crippen molar-refractivity contribution in [1.82, 2.24) is 19.7 Å². The Balaban J connectivity index is 2.11. The summed E-state index contributed by atoms with van der Waals surface area (Å²) >= 11 is 0. The lowest BCUT2D eigenvalue weighted by Crippen LogP contribution is -2.15. The maximum Gasteiger partial charge on any atom is 0.435 e. The van der Waals surface area contributed by atoms with Gasteiger partial charge in [-0.25, -0.2) is 9.97 Å². The smallest absolute Gasteiger partial charge is 0.383 e. The molecule has 6 nitrogen and oxygen atoms in total. The molecular formula is C15H16F3N5O. The fourth-order valence-electron chi connectivity index (χ4n) is 2.75. The first-order valence-corrected chi connectivity index (χ1v) is 7.37. The number of nitrogens with zero attached hydrogens (tertiary/aromatic N) is 4. The molecule has 2 aromatic heterocycles. The molecule has 1 atom stereocenters. The van der Waals surface area contributed by atoms with E-state index >= 15 is 0 Å². The van der Waals surface area contributed by atoms with Gasteiger partial charge in [-0.15, -0.1) is 0 Å². The largest absolute Gasteiger partial charge is 0.435 e. The molecule has 1 aliphatic carbocycles. The zero-order chi connectivity index (χ0) is 17.3. The van der Waals surface area contributed by atoms with E-state index in [1.807, 2.05) is 0 Å². The van der Waals surface area contributed by atoms with Crippen molar-refractivity contribution >= 4 is 11.4 Å². The number of rotatable bonds is 3. The Labute approximate surface area is 136 Å². The van der Waals surface area contributed by atoms with Crippen LogP contribution in [0.1, 0.15) is 30.5 Å². The Morgan fingerprint density at radius 3 is 2.54 bits per heavy atom. The summed E-state index contributed by atoms with van der Waals surface area (Å²) in [6, 6.07) is 1.56. The van der Waals surface area contributed by atoms with Crippen LogP contribution in [0.15, 0.2) is 24.5 Å². The minimum absolute atomic E-state index is 0.00192. The predicted molar refractivity (Wildman–Crippen MR) is 81.2 cm³/mol. The fraction of sp³-hybridized carbons (Fsp3) is 0.400. The summed E-state index contributed by atoms with van der Waals surface area (Å²) < 4.78 is 46.5. The van der Waals surface area contributed by atoms with Gasteiger partial charge < -0.3 is 10.5 Å². The van der Waals surface area contributed by atoms with E-state index in [1.165, 1.54) is 12.4 Å². The van der Waals surface area contributed by atoms with E-state index in [-0.39, 0.29) is 23.4 Å². The zero-order valence-corrected chi connectivity index (χ0v) is 12.9. The van der Waals surface area contributed by atoms with Gasteiger partial charge in [0, 0.05) is 19.5 Å². The van der Waals surface area contributed by atoms with Gasteiger partial charge in [0.25, 0.3) is 5.95 Å². The standard InChI is InChI=1S/C15H16F3N5O/c1-24-10-5-3-9(4-6-10)11-12(15(16,17)18)22-23(13(11)19)14-20-7-2-8-21-14/h2-3,7-8,10H,4-6,19H2,1H3. The average Bonchev–Trinajstić information content (AvgIpc) is 2.93. The monoisotopic (exact) mass is 339 g/mol. The molecule has 0 bridgehead atoms. The summed E-state index contributed by atoms with van der Waals surface area (Å²) in [6.07, 6.45) is 1.56. The van der Waals surface area contributed by atoms with Crippen molar-refractivity contribution in [1.29, 1.82) is 0 Å². The maximum atomic E-state index is 13.4. The quantitative estimate of drug-likeness (QED) is 0.930. The molecular weight excluding hydrogens is 323 g/mol. The van der Waals surface area contributed by atoms with Crippen LogP contribution in [-0.4, -0.2) is 33.0 Å². The number of hydrogen-bond acceptors (Lipinski definition) is 5. The maximum absolute atomic E-state index is 13.4. The Hall–Kier alpha value is -2.42. The van der Waals surface area contributed by atoms with E-state index in [0.29, 0.717) is 24.8 Å². The van der Waals surface area contributed by atoms with Gasteiger partial charge in [-0.3, -0.25) is 0 Å². The molecule has 0 aromatic carbocycles. The number of ether oxygens (including phenoxy) is 1. The molecule has 1 unspecified atom stereocenters. The van der Waals surface area contributed by atoms with E-state index in [0.717, 1.165) is 4.68 Å². The lowest BCUT2D eigenvalue weighted by Gasteiger charge is -2.21. The first-order valence-electron chi connectivity index (χ1n) is 7.37. The van der Waals surface area contributed by atoms with Gasteiger partial charge >= 0.3 is 6.18 Å². The second-order valence-electron chi connectivity index (χ2n) is 5.43. The third-order valence-corrected chi connectivity index (χ3v) is 3.95. The highest BCUT2D eigenvalue weighted by molar-refractivity contribution is 5.77. The highest BCUT2D eigenvalue weighted by Gasteiger charge is 2.40. The number of alkyl halides is 3. The molecule has 9 heteroatoms. The number of halogens is 3. The Morgan fingerprint density at radius 2 is 2.00 bits per heavy atom. The second-order valence-corrected chi connectivity index (χ2v) is 5.43. The van der Waals surface area contributed by atoms with Crippen molar-refractivity contribution in [3.8, 4) is 5.95 Å². The number of hydrogen-bond donors (Lipinski definition) is 1. The number of aromatic nitrogens is 4. The highest BCUT2D eigenvalue weighted by Crippen LogP contribution is 2.41. The first-order chi connectivity index (χ1) is 11.4. The molecule has 24 heavy (non-hydrogen) atoms. The first kappa shape index (κ1) is 16.4. The SMILES string of the molecule is COC1CC=C(c2c(C(F)(F)F)nn(-c3ncccn3)c2N)CC1. The topological polar surface area (TPSA) is 78.8 Å². The molecule has 0 saturated heterocycles. The normalized spacial score (nSPS) is 18.5. The summed E-state index contributed by atoms with van der Waals surface area (Å²) in [7, 11) is 1.59. The van der Waals surface area contributed by atoms with Crippen molar-refractivity contribution in [2.75, 3.05) is 12.8 Å². The third kappa shape index (κ3) is 2.99. The molecule has 0 saturated carbocycles. The van der Waals surface area contributed by atoms with Crippen LogP contribution < -0.4 is 5.73 Å². The van der Waals surface area contributed by atoms with Crippen molar-refractivity contribution in [3.63, 3.8) is 0 Å². The summed E-state index contributed by atoms with van der Waals surface area (Å²) in [5, 5.41) is 3.64. The molecule has 2 aromatic rings. The van der Waals surface area contributed by atoms with Crippen LogP contribution >= 0.6 is 0 Å². The highest BCUT2D eigenvalue weighted by atomic mass is 19.4. The van der Waals surface area contributed by atoms with Crippen LogP contribution in [0.4, 0.5) is 19.0 Å². The van der Waals surface area contributed by atoms with Gasteiger partial charge in [-0.1, -0.05) is 6.08 Å². The second kappa shape index (κ2) is 6.23. The predicted octanol–water partition coefficient (Wildman–Crippen LogP) is 2.85. The lowest BCUT2D eigenvalue weighted by atomic mass is 9.91. The number of methoxy groups -OCH3 is 1. The number of allylic oxidation sites excluding steroid dienone is 1. The van der Waals surface area contributed by atoms with Gasteiger partial charge in [0.1, 0.15) is 5.82 Å². The van der Waals surface area contributed by atoms with E-state index in [2.05, 4.69) is 15.1 Å². The summed E-state index contributed by atoms with van der Waals surface area (Å²) in [5.41, 5.74) is 5.39. The number of nitrogens with two attached hydrogens (primary N) is 1.